The first kappa shape index (κ1) is 31.9. The zero-order valence-corrected chi connectivity index (χ0v) is 19.7. The van der Waals surface area contributed by atoms with Gasteiger partial charge in [-0.2, -0.15) is 13.2 Å². The van der Waals surface area contributed by atoms with Gasteiger partial charge < -0.3 is 15.9 Å². The second-order valence-electron chi connectivity index (χ2n) is 7.02. The Balaban J connectivity index is 0. The number of hydrogen-bond donors (Lipinski definition) is 3. The lowest BCUT2D eigenvalue weighted by atomic mass is 9.92. The standard InChI is InChI=1S/C13H15F3N4O4.C7H12.C2H6/c1-2-12(13(14,15)16,10(17)7-19-18)24-11(21)8-3-5-9(6-4-8)20(22)23;1-5-7(3,4)6-2;1-2/h3-7,19H,2,17-18H2,1H3;1H,6H2,2-4H3;1-2H3/b10-7-;;. The second kappa shape index (κ2) is 14.0. The maximum absolute atomic E-state index is 13.4. The third-order valence-electron chi connectivity index (χ3n) is 4.52. The predicted octanol–water partition coefficient (Wildman–Crippen LogP) is 4.81. The Morgan fingerprint density at radius 2 is 1.70 bits per heavy atom. The maximum Gasteiger partial charge on any atom is 0.434 e. The average molecular weight is 475 g/mol. The number of hydrazine groups is 1. The molecule has 8 nitrogen and oxygen atoms in total. The molecule has 0 fully saturated rings. The zero-order chi connectivity index (χ0) is 26.5. The highest BCUT2D eigenvalue weighted by Crippen LogP contribution is 2.40. The molecule has 11 heteroatoms. The van der Waals surface area contributed by atoms with E-state index in [4.69, 9.17) is 18.0 Å². The van der Waals surface area contributed by atoms with Gasteiger partial charge >= 0.3 is 12.1 Å². The van der Waals surface area contributed by atoms with E-state index in [1.165, 1.54) is 0 Å². The highest BCUT2D eigenvalue weighted by atomic mass is 19.4. The lowest BCUT2D eigenvalue weighted by Crippen LogP contribution is -2.53. The largest absolute Gasteiger partial charge is 0.439 e. The fraction of sp³-hybridized carbons (Fsp3) is 0.500. The number of benzene rings is 1. The molecule has 33 heavy (non-hydrogen) atoms. The Labute approximate surface area is 192 Å². The van der Waals surface area contributed by atoms with Crippen molar-refractivity contribution in [2.45, 2.75) is 66.2 Å². The van der Waals surface area contributed by atoms with E-state index < -0.39 is 34.8 Å². The zero-order valence-electron chi connectivity index (χ0n) is 19.7. The van der Waals surface area contributed by atoms with E-state index in [9.17, 15) is 28.1 Å². The number of ether oxygens (including phenoxy) is 1. The molecular weight excluding hydrogens is 441 g/mol. The molecule has 186 valence electrons. The van der Waals surface area contributed by atoms with Crippen LogP contribution in [-0.4, -0.2) is 22.7 Å². The number of hydrogen-bond acceptors (Lipinski definition) is 7. The molecule has 1 rings (SSSR count). The molecule has 0 radical (unpaired) electrons. The van der Waals surface area contributed by atoms with Crippen molar-refractivity contribution in [2.24, 2.45) is 17.0 Å². The number of non-ortho nitro benzene ring substituents is 1. The van der Waals surface area contributed by atoms with Crippen molar-refractivity contribution >= 4 is 11.7 Å². The molecule has 1 aromatic carbocycles. The monoisotopic (exact) mass is 474 g/mol. The number of esters is 1. The summed E-state index contributed by atoms with van der Waals surface area (Å²) in [7, 11) is 0. The lowest BCUT2D eigenvalue weighted by molar-refractivity contribution is -0.384. The molecule has 0 aliphatic carbocycles. The van der Waals surface area contributed by atoms with Crippen molar-refractivity contribution in [3.05, 3.63) is 51.8 Å². The second-order valence-corrected chi connectivity index (χ2v) is 7.02. The molecule has 0 heterocycles. The lowest BCUT2D eigenvalue weighted by Gasteiger charge is -2.34. The quantitative estimate of drug-likeness (QED) is 0.170. The fourth-order valence-electron chi connectivity index (χ4n) is 2.00. The third-order valence-corrected chi connectivity index (χ3v) is 4.52. The van der Waals surface area contributed by atoms with Crippen molar-refractivity contribution in [3.63, 3.8) is 0 Å². The molecule has 0 spiro atoms. The van der Waals surface area contributed by atoms with E-state index in [1.807, 2.05) is 19.3 Å². The predicted molar refractivity (Wildman–Crippen MR) is 121 cm³/mol. The van der Waals surface area contributed by atoms with Crippen molar-refractivity contribution < 1.29 is 27.6 Å². The summed E-state index contributed by atoms with van der Waals surface area (Å²) in [6, 6.07) is 3.91. The molecule has 1 atom stereocenters. The van der Waals surface area contributed by atoms with E-state index in [0.29, 0.717) is 6.20 Å². The maximum atomic E-state index is 13.4. The summed E-state index contributed by atoms with van der Waals surface area (Å²) in [4.78, 5) is 21.9. The van der Waals surface area contributed by atoms with Gasteiger partial charge in [-0.3, -0.25) is 16.0 Å². The van der Waals surface area contributed by atoms with E-state index in [2.05, 4.69) is 31.4 Å². The number of carbonyl (C=O) groups excluding carboxylic acids is 1. The van der Waals surface area contributed by atoms with Crippen LogP contribution in [0.3, 0.4) is 0 Å². The minimum absolute atomic E-state index is 0.111. The summed E-state index contributed by atoms with van der Waals surface area (Å²) in [5.74, 6) is 6.29. The summed E-state index contributed by atoms with van der Waals surface area (Å²) in [6.45, 7) is 11.4. The Bertz CT molecular complexity index is 832. The van der Waals surface area contributed by atoms with Gasteiger partial charge in [-0.05, 0) is 38.8 Å². The molecule has 0 bridgehead atoms. The molecule has 0 aliphatic rings. The van der Waals surface area contributed by atoms with E-state index in [-0.39, 0.29) is 16.7 Å². The molecule has 0 aromatic heterocycles. The summed E-state index contributed by atoms with van der Waals surface area (Å²) >= 11 is 0. The van der Waals surface area contributed by atoms with E-state index in [0.717, 1.165) is 37.6 Å². The number of halogens is 3. The highest BCUT2D eigenvalue weighted by molar-refractivity contribution is 5.90. The minimum atomic E-state index is -5.00. The minimum Gasteiger partial charge on any atom is -0.439 e. The first-order chi connectivity index (χ1) is 15.2. The first-order valence-electron chi connectivity index (χ1n) is 10.2. The van der Waals surface area contributed by atoms with E-state index in [1.54, 1.807) is 0 Å². The van der Waals surface area contributed by atoms with Gasteiger partial charge in [0.05, 0.1) is 16.2 Å². The van der Waals surface area contributed by atoms with Crippen molar-refractivity contribution in [1.29, 1.82) is 0 Å². The van der Waals surface area contributed by atoms with Crippen LogP contribution in [0.15, 0.2) is 36.2 Å². The van der Waals surface area contributed by atoms with Gasteiger partial charge in [0.25, 0.3) is 5.69 Å². The fourth-order valence-corrected chi connectivity index (χ4v) is 2.00. The van der Waals surface area contributed by atoms with Gasteiger partial charge in [0.2, 0.25) is 5.60 Å². The summed E-state index contributed by atoms with van der Waals surface area (Å²) in [6.07, 6.45) is 1.19. The molecule has 1 aromatic rings. The van der Waals surface area contributed by atoms with Crippen LogP contribution in [0, 0.1) is 27.9 Å². The number of nitrogens with two attached hydrogens (primary N) is 2. The van der Waals surface area contributed by atoms with Crippen LogP contribution in [0.25, 0.3) is 0 Å². The van der Waals surface area contributed by atoms with Crippen LogP contribution >= 0.6 is 0 Å². The van der Waals surface area contributed by atoms with E-state index >= 15 is 0 Å². The number of nitro groups is 1. The summed E-state index contributed by atoms with van der Waals surface area (Å²) in [5, 5.41) is 10.5. The first-order valence-corrected chi connectivity index (χ1v) is 10.2. The number of nitrogens with one attached hydrogen (secondary N) is 1. The Hall–Kier alpha value is -3.26. The van der Waals surface area contributed by atoms with Crippen LogP contribution in [-0.2, 0) is 4.74 Å². The third kappa shape index (κ3) is 9.41. The molecule has 1 unspecified atom stereocenters. The molecule has 0 saturated heterocycles. The molecule has 0 amide bonds. The molecule has 5 N–H and O–H groups in total. The van der Waals surface area contributed by atoms with Crippen LogP contribution in [0.1, 0.15) is 64.7 Å². The van der Waals surface area contributed by atoms with Crippen molar-refractivity contribution in [3.8, 4) is 12.3 Å². The van der Waals surface area contributed by atoms with Gasteiger partial charge in [-0.1, -0.05) is 27.7 Å². The SMILES string of the molecule is C#CC(C)(C)CC.CC.CCC(OC(=O)c1ccc([N+](=O)[O-])cc1)(/C(N)=C/NN)C(F)(F)F. The van der Waals surface area contributed by atoms with Crippen LogP contribution in [0.2, 0.25) is 0 Å². The van der Waals surface area contributed by atoms with Gasteiger partial charge in [-0.15, -0.1) is 12.3 Å². The number of terminal acetylenes is 1. The molecule has 0 aliphatic heterocycles. The van der Waals surface area contributed by atoms with Crippen LogP contribution in [0.5, 0.6) is 0 Å². The highest BCUT2D eigenvalue weighted by Gasteiger charge is 2.59. The van der Waals surface area contributed by atoms with Gasteiger partial charge in [0, 0.05) is 23.7 Å². The Kier molecular flexibility index (Phi) is 13.5. The number of nitrogens with zero attached hydrogens (tertiary/aromatic N) is 1. The topological polar surface area (TPSA) is 134 Å². The van der Waals surface area contributed by atoms with Crippen molar-refractivity contribution in [1.82, 2.24) is 5.43 Å². The Morgan fingerprint density at radius 1 is 1.21 bits per heavy atom. The number of nitro benzene ring substituents is 1. The Morgan fingerprint density at radius 3 is 1.97 bits per heavy atom. The number of carbonyl (C=O) groups is 1. The van der Waals surface area contributed by atoms with Crippen molar-refractivity contribution in [2.75, 3.05) is 0 Å². The average Bonchev–Trinajstić information content (AvgIpc) is 2.78. The normalized spacial score (nSPS) is 13.1. The van der Waals surface area contributed by atoms with Gasteiger partial charge in [0.1, 0.15) is 0 Å². The molecular formula is C22H33F3N4O4. The summed E-state index contributed by atoms with van der Waals surface area (Å²) in [5.41, 5.74) is 2.81. The summed E-state index contributed by atoms with van der Waals surface area (Å²) < 4.78 is 44.9. The van der Waals surface area contributed by atoms with Crippen LogP contribution < -0.4 is 17.0 Å². The molecule has 0 saturated carbocycles. The van der Waals surface area contributed by atoms with Crippen LogP contribution in [0.4, 0.5) is 18.9 Å². The van der Waals surface area contributed by atoms with Gasteiger partial charge in [0.15, 0.2) is 0 Å². The number of alkyl halides is 3. The van der Waals surface area contributed by atoms with Gasteiger partial charge in [-0.25, -0.2) is 4.79 Å². The smallest absolute Gasteiger partial charge is 0.434 e. The number of rotatable bonds is 7.